The molecule has 0 aliphatic heterocycles. The van der Waals surface area contributed by atoms with Crippen LogP contribution >= 0.6 is 0 Å². The number of hydrogen-bond donors (Lipinski definition) is 0. The van der Waals surface area contributed by atoms with Crippen molar-refractivity contribution in [1.82, 2.24) is 0 Å². The molecule has 126 valence electrons. The van der Waals surface area contributed by atoms with E-state index in [1.807, 2.05) is 0 Å². The van der Waals surface area contributed by atoms with Gasteiger partial charge in [-0.1, -0.05) is 31.9 Å². The smallest absolute Gasteiger partial charge is 0.314 e. The zero-order valence-electron chi connectivity index (χ0n) is 13.6. The molecule has 0 atom stereocenters. The number of benzene rings is 1. The normalized spacial score (nSPS) is 21.5. The Morgan fingerprint density at radius 3 is 2.61 bits per heavy atom. The molecule has 23 heavy (non-hydrogen) atoms. The van der Waals surface area contributed by atoms with E-state index in [0.717, 1.165) is 44.2 Å². The van der Waals surface area contributed by atoms with Crippen molar-refractivity contribution in [2.24, 2.45) is 11.8 Å². The summed E-state index contributed by atoms with van der Waals surface area (Å²) in [6, 6.07) is 3.16. The van der Waals surface area contributed by atoms with Crippen molar-refractivity contribution in [3.05, 3.63) is 42.0 Å². The third-order valence-corrected chi connectivity index (χ3v) is 4.35. The SMILES string of the molecule is CCCC/C=C/C1CCC(C(=O)Oc2ccc(F)c(F)c2)CC1. The van der Waals surface area contributed by atoms with E-state index in [-0.39, 0.29) is 17.6 Å². The Morgan fingerprint density at radius 1 is 1.22 bits per heavy atom. The van der Waals surface area contributed by atoms with Gasteiger partial charge in [-0.25, -0.2) is 8.78 Å². The molecule has 0 radical (unpaired) electrons. The molecule has 1 saturated carbocycles. The lowest BCUT2D eigenvalue weighted by Gasteiger charge is -2.25. The van der Waals surface area contributed by atoms with Gasteiger partial charge in [0.25, 0.3) is 0 Å². The monoisotopic (exact) mass is 322 g/mol. The molecule has 2 rings (SSSR count). The zero-order valence-corrected chi connectivity index (χ0v) is 13.6. The van der Waals surface area contributed by atoms with Crippen LogP contribution in [0.15, 0.2) is 30.4 Å². The predicted molar refractivity (Wildman–Crippen MR) is 86.1 cm³/mol. The molecule has 0 bridgehead atoms. The van der Waals surface area contributed by atoms with Crippen LogP contribution in [-0.4, -0.2) is 5.97 Å². The lowest BCUT2D eigenvalue weighted by molar-refractivity contribution is -0.140. The minimum atomic E-state index is -1.00. The second kappa shape index (κ2) is 8.80. The van der Waals surface area contributed by atoms with Crippen LogP contribution in [0.25, 0.3) is 0 Å². The summed E-state index contributed by atoms with van der Waals surface area (Å²) >= 11 is 0. The molecule has 0 spiro atoms. The van der Waals surface area contributed by atoms with Crippen molar-refractivity contribution in [1.29, 1.82) is 0 Å². The van der Waals surface area contributed by atoms with Crippen LogP contribution in [0, 0.1) is 23.5 Å². The molecule has 0 amide bonds. The quantitative estimate of drug-likeness (QED) is 0.302. The number of hydrogen-bond acceptors (Lipinski definition) is 2. The average molecular weight is 322 g/mol. The van der Waals surface area contributed by atoms with Gasteiger partial charge in [-0.2, -0.15) is 0 Å². The first-order valence-corrected chi connectivity index (χ1v) is 8.43. The van der Waals surface area contributed by atoms with E-state index in [4.69, 9.17) is 4.74 Å². The van der Waals surface area contributed by atoms with Crippen molar-refractivity contribution < 1.29 is 18.3 Å². The minimum Gasteiger partial charge on any atom is -0.426 e. The van der Waals surface area contributed by atoms with Crippen molar-refractivity contribution in [3.8, 4) is 5.75 Å². The van der Waals surface area contributed by atoms with Crippen LogP contribution in [-0.2, 0) is 4.79 Å². The second-order valence-corrected chi connectivity index (χ2v) is 6.18. The number of halogens is 2. The second-order valence-electron chi connectivity index (χ2n) is 6.18. The number of allylic oxidation sites excluding steroid dienone is 2. The Bertz CT molecular complexity index is 546. The average Bonchev–Trinajstić information content (AvgIpc) is 2.55. The van der Waals surface area contributed by atoms with E-state index >= 15 is 0 Å². The number of carbonyl (C=O) groups excluding carboxylic acids is 1. The minimum absolute atomic E-state index is 0.0653. The summed E-state index contributed by atoms with van der Waals surface area (Å²) in [6.07, 6.45) is 11.6. The first-order chi connectivity index (χ1) is 11.1. The zero-order chi connectivity index (χ0) is 16.7. The first-order valence-electron chi connectivity index (χ1n) is 8.43. The van der Waals surface area contributed by atoms with Crippen molar-refractivity contribution in [2.45, 2.75) is 51.9 Å². The molecule has 4 heteroatoms. The molecule has 2 nitrogen and oxygen atoms in total. The molecule has 0 N–H and O–H groups in total. The molecule has 1 aliphatic rings. The summed E-state index contributed by atoms with van der Waals surface area (Å²) in [5, 5.41) is 0. The van der Waals surface area contributed by atoms with Gasteiger partial charge in [0.2, 0.25) is 0 Å². The number of carbonyl (C=O) groups is 1. The number of unbranched alkanes of at least 4 members (excludes halogenated alkanes) is 2. The van der Waals surface area contributed by atoms with Gasteiger partial charge in [-0.05, 0) is 50.2 Å². The molecular formula is C19H24F2O2. The summed E-state index contributed by atoms with van der Waals surface area (Å²) in [5.74, 6) is -1.83. The van der Waals surface area contributed by atoms with Crippen LogP contribution in [0.4, 0.5) is 8.78 Å². The van der Waals surface area contributed by atoms with Gasteiger partial charge in [0.1, 0.15) is 5.75 Å². The molecule has 0 aromatic heterocycles. The maximum atomic E-state index is 13.1. The lowest BCUT2D eigenvalue weighted by Crippen LogP contribution is -2.25. The molecule has 0 heterocycles. The molecule has 0 unspecified atom stereocenters. The van der Waals surface area contributed by atoms with E-state index in [0.29, 0.717) is 5.92 Å². The van der Waals surface area contributed by atoms with Gasteiger partial charge in [-0.3, -0.25) is 4.79 Å². The van der Waals surface area contributed by atoms with Crippen LogP contribution in [0.1, 0.15) is 51.9 Å². The number of ether oxygens (including phenoxy) is 1. The Hall–Kier alpha value is -1.71. The van der Waals surface area contributed by atoms with Crippen LogP contribution in [0.2, 0.25) is 0 Å². The Balaban J connectivity index is 1.79. The summed E-state index contributed by atoms with van der Waals surface area (Å²) < 4.78 is 31.2. The fourth-order valence-electron chi connectivity index (χ4n) is 2.90. The van der Waals surface area contributed by atoms with Crippen LogP contribution in [0.3, 0.4) is 0 Å². The molecule has 1 aromatic rings. The van der Waals surface area contributed by atoms with Crippen LogP contribution in [0.5, 0.6) is 5.75 Å². The first kappa shape index (κ1) is 17.6. The van der Waals surface area contributed by atoms with Gasteiger partial charge < -0.3 is 4.74 Å². The standard InChI is InChI=1S/C19H24F2O2/c1-2-3-4-5-6-14-7-9-15(10-8-14)19(22)23-16-11-12-17(20)18(21)13-16/h5-6,11-15H,2-4,7-10H2,1H3/b6-5+. The van der Waals surface area contributed by atoms with E-state index in [2.05, 4.69) is 19.1 Å². The third-order valence-electron chi connectivity index (χ3n) is 4.35. The largest absolute Gasteiger partial charge is 0.426 e. The highest BCUT2D eigenvalue weighted by molar-refractivity contribution is 5.75. The molecule has 1 fully saturated rings. The predicted octanol–water partition coefficient (Wildman–Crippen LogP) is 5.42. The van der Waals surface area contributed by atoms with Crippen molar-refractivity contribution in [2.75, 3.05) is 0 Å². The maximum Gasteiger partial charge on any atom is 0.314 e. The van der Waals surface area contributed by atoms with E-state index < -0.39 is 11.6 Å². The number of rotatable bonds is 6. The van der Waals surface area contributed by atoms with E-state index in [1.165, 1.54) is 18.9 Å². The Morgan fingerprint density at radius 2 is 1.96 bits per heavy atom. The molecule has 0 saturated heterocycles. The van der Waals surface area contributed by atoms with Gasteiger partial charge in [0, 0.05) is 6.07 Å². The van der Waals surface area contributed by atoms with E-state index in [9.17, 15) is 13.6 Å². The van der Waals surface area contributed by atoms with Crippen LogP contribution < -0.4 is 4.74 Å². The highest BCUT2D eigenvalue weighted by Gasteiger charge is 2.26. The highest BCUT2D eigenvalue weighted by atomic mass is 19.2. The Labute approximate surface area is 136 Å². The fourth-order valence-corrected chi connectivity index (χ4v) is 2.90. The summed E-state index contributed by atoms with van der Waals surface area (Å²) in [5.41, 5.74) is 0. The Kier molecular flexibility index (Phi) is 6.75. The maximum absolute atomic E-state index is 13.1. The summed E-state index contributed by atoms with van der Waals surface area (Å²) in [7, 11) is 0. The molecule has 1 aromatic carbocycles. The van der Waals surface area contributed by atoms with Gasteiger partial charge in [-0.15, -0.1) is 0 Å². The lowest BCUT2D eigenvalue weighted by atomic mass is 9.82. The third kappa shape index (κ3) is 5.45. The van der Waals surface area contributed by atoms with Gasteiger partial charge >= 0.3 is 5.97 Å². The van der Waals surface area contributed by atoms with Crippen molar-refractivity contribution in [3.63, 3.8) is 0 Å². The van der Waals surface area contributed by atoms with E-state index in [1.54, 1.807) is 0 Å². The topological polar surface area (TPSA) is 26.3 Å². The van der Waals surface area contributed by atoms with Gasteiger partial charge in [0.05, 0.1) is 5.92 Å². The fraction of sp³-hybridized carbons (Fsp3) is 0.526. The van der Waals surface area contributed by atoms with Crippen molar-refractivity contribution >= 4 is 5.97 Å². The molecular weight excluding hydrogens is 298 g/mol. The molecule has 1 aliphatic carbocycles. The number of esters is 1. The summed E-state index contributed by atoms with van der Waals surface area (Å²) in [6.45, 7) is 2.18. The summed E-state index contributed by atoms with van der Waals surface area (Å²) in [4.78, 5) is 12.1. The highest BCUT2D eigenvalue weighted by Crippen LogP contribution is 2.31. The van der Waals surface area contributed by atoms with Gasteiger partial charge in [0.15, 0.2) is 11.6 Å².